The van der Waals surface area contributed by atoms with Crippen LogP contribution in [0, 0.1) is 19.7 Å². The lowest BCUT2D eigenvalue weighted by Crippen LogP contribution is -2.14. The van der Waals surface area contributed by atoms with Gasteiger partial charge >= 0.3 is 0 Å². The van der Waals surface area contributed by atoms with Gasteiger partial charge in [0.2, 0.25) is 0 Å². The number of benzene rings is 2. The molecule has 0 bridgehead atoms. The normalized spacial score (nSPS) is 12.2. The SMILES string of the molecule is Cc1ccc(C(=O)C(C)Sc2nnc(-c3ccc(F)cc3)n2C)cc1C. The van der Waals surface area contributed by atoms with Crippen LogP contribution in [0.3, 0.4) is 0 Å². The molecular weight excluding hydrogens is 349 g/mol. The number of hydrogen-bond acceptors (Lipinski definition) is 4. The maximum absolute atomic E-state index is 13.1. The third-order valence-corrected chi connectivity index (χ3v) is 5.51. The first kappa shape index (κ1) is 18.3. The molecule has 6 heteroatoms. The molecule has 0 spiro atoms. The standard InChI is InChI=1S/C20H20FN3OS/c1-12-5-6-16(11-13(12)2)18(25)14(3)26-20-23-22-19(24(20)4)15-7-9-17(21)10-8-15/h5-11,14H,1-4H3. The molecule has 0 aliphatic rings. The predicted molar refractivity (Wildman–Crippen MR) is 102 cm³/mol. The van der Waals surface area contributed by atoms with Crippen molar-refractivity contribution >= 4 is 17.5 Å². The lowest BCUT2D eigenvalue weighted by Gasteiger charge is -2.11. The highest BCUT2D eigenvalue weighted by Gasteiger charge is 2.21. The minimum atomic E-state index is -0.293. The van der Waals surface area contributed by atoms with Crippen LogP contribution in [0.5, 0.6) is 0 Å². The smallest absolute Gasteiger partial charge is 0.191 e. The number of aryl methyl sites for hydroxylation is 2. The fourth-order valence-electron chi connectivity index (χ4n) is 2.61. The highest BCUT2D eigenvalue weighted by atomic mass is 32.2. The number of nitrogens with zero attached hydrogens (tertiary/aromatic N) is 3. The van der Waals surface area contributed by atoms with Gasteiger partial charge in [0.05, 0.1) is 5.25 Å². The average Bonchev–Trinajstić information content (AvgIpc) is 2.98. The second-order valence-corrected chi connectivity index (χ2v) is 7.60. The first-order valence-corrected chi connectivity index (χ1v) is 9.18. The van der Waals surface area contributed by atoms with Gasteiger partial charge in [-0.05, 0) is 62.2 Å². The van der Waals surface area contributed by atoms with Gasteiger partial charge in [0.1, 0.15) is 5.82 Å². The number of halogens is 1. The van der Waals surface area contributed by atoms with Crippen LogP contribution >= 0.6 is 11.8 Å². The largest absolute Gasteiger partial charge is 0.305 e. The van der Waals surface area contributed by atoms with Crippen LogP contribution in [0.25, 0.3) is 11.4 Å². The van der Waals surface area contributed by atoms with E-state index in [9.17, 15) is 9.18 Å². The summed E-state index contributed by atoms with van der Waals surface area (Å²) >= 11 is 1.37. The number of carbonyl (C=O) groups is 1. The van der Waals surface area contributed by atoms with E-state index in [1.54, 1.807) is 12.1 Å². The zero-order chi connectivity index (χ0) is 18.8. The van der Waals surface area contributed by atoms with E-state index in [1.807, 2.05) is 50.6 Å². The van der Waals surface area contributed by atoms with Crippen molar-refractivity contribution in [3.8, 4) is 11.4 Å². The lowest BCUT2D eigenvalue weighted by molar-refractivity contribution is 0.0993. The van der Waals surface area contributed by atoms with Crippen LogP contribution in [0.1, 0.15) is 28.4 Å². The van der Waals surface area contributed by atoms with Gasteiger partial charge in [-0.3, -0.25) is 4.79 Å². The van der Waals surface area contributed by atoms with E-state index >= 15 is 0 Å². The fraction of sp³-hybridized carbons (Fsp3) is 0.250. The summed E-state index contributed by atoms with van der Waals surface area (Å²) in [5.41, 5.74) is 3.75. The molecule has 134 valence electrons. The van der Waals surface area contributed by atoms with Crippen molar-refractivity contribution in [3.05, 3.63) is 65.0 Å². The van der Waals surface area contributed by atoms with E-state index < -0.39 is 0 Å². The van der Waals surface area contributed by atoms with E-state index in [1.165, 1.54) is 29.5 Å². The van der Waals surface area contributed by atoms with Crippen LogP contribution in [-0.2, 0) is 7.05 Å². The van der Waals surface area contributed by atoms with Crippen molar-refractivity contribution < 1.29 is 9.18 Å². The fourth-order valence-corrected chi connectivity index (χ4v) is 3.50. The molecule has 4 nitrogen and oxygen atoms in total. The Kier molecular flexibility index (Phi) is 5.23. The first-order valence-electron chi connectivity index (χ1n) is 8.30. The van der Waals surface area contributed by atoms with Crippen molar-refractivity contribution in [1.82, 2.24) is 14.8 Å². The summed E-state index contributed by atoms with van der Waals surface area (Å²) in [6.45, 7) is 5.90. The Morgan fingerprint density at radius 1 is 1.08 bits per heavy atom. The highest BCUT2D eigenvalue weighted by Crippen LogP contribution is 2.27. The molecule has 0 fully saturated rings. The molecule has 1 heterocycles. The minimum absolute atomic E-state index is 0.0597. The molecule has 0 aliphatic carbocycles. The molecule has 0 radical (unpaired) electrons. The Morgan fingerprint density at radius 2 is 1.77 bits per heavy atom. The molecule has 0 N–H and O–H groups in total. The van der Waals surface area contributed by atoms with E-state index in [2.05, 4.69) is 10.2 Å². The Morgan fingerprint density at radius 3 is 2.42 bits per heavy atom. The third kappa shape index (κ3) is 3.70. The number of thioether (sulfide) groups is 1. The second kappa shape index (κ2) is 7.41. The Hall–Kier alpha value is -2.47. The summed E-state index contributed by atoms with van der Waals surface area (Å²) in [7, 11) is 1.84. The maximum Gasteiger partial charge on any atom is 0.191 e. The summed E-state index contributed by atoms with van der Waals surface area (Å²) in [6, 6.07) is 11.9. The molecule has 3 aromatic rings. The van der Waals surface area contributed by atoms with Crippen molar-refractivity contribution in [3.63, 3.8) is 0 Å². The van der Waals surface area contributed by atoms with Gasteiger partial charge in [0.15, 0.2) is 16.8 Å². The van der Waals surface area contributed by atoms with Gasteiger partial charge in [-0.2, -0.15) is 0 Å². The molecule has 1 unspecified atom stereocenters. The first-order chi connectivity index (χ1) is 12.4. The molecule has 0 aliphatic heterocycles. The molecule has 2 aromatic carbocycles. The number of rotatable bonds is 5. The zero-order valence-corrected chi connectivity index (χ0v) is 16.0. The molecule has 0 saturated carbocycles. The van der Waals surface area contributed by atoms with Crippen LogP contribution in [0.15, 0.2) is 47.6 Å². The molecule has 26 heavy (non-hydrogen) atoms. The van der Waals surface area contributed by atoms with E-state index in [0.29, 0.717) is 16.5 Å². The van der Waals surface area contributed by atoms with Crippen LogP contribution in [0.4, 0.5) is 4.39 Å². The number of ketones is 1. The number of Topliss-reactive ketones (excluding diaryl/α,β-unsaturated/α-hetero) is 1. The Labute approximate surface area is 156 Å². The number of hydrogen-bond donors (Lipinski definition) is 0. The Bertz CT molecular complexity index is 950. The van der Waals surface area contributed by atoms with Gasteiger partial charge in [0, 0.05) is 18.2 Å². The molecule has 1 atom stereocenters. The molecule has 0 saturated heterocycles. The predicted octanol–water partition coefficient (Wildman–Crippen LogP) is 4.60. The van der Waals surface area contributed by atoms with Crippen LogP contribution < -0.4 is 0 Å². The quantitative estimate of drug-likeness (QED) is 0.487. The second-order valence-electron chi connectivity index (χ2n) is 6.30. The van der Waals surface area contributed by atoms with Crippen LogP contribution in [0.2, 0.25) is 0 Å². The van der Waals surface area contributed by atoms with Gasteiger partial charge < -0.3 is 4.57 Å². The summed E-state index contributed by atoms with van der Waals surface area (Å²) in [6.07, 6.45) is 0. The van der Waals surface area contributed by atoms with Gasteiger partial charge in [-0.25, -0.2) is 4.39 Å². The molecular formula is C20H20FN3OS. The third-order valence-electron chi connectivity index (χ3n) is 4.38. The summed E-state index contributed by atoms with van der Waals surface area (Å²) in [5.74, 6) is 0.404. The van der Waals surface area contributed by atoms with Crippen molar-refractivity contribution in [2.45, 2.75) is 31.2 Å². The molecule has 1 aromatic heterocycles. The van der Waals surface area contributed by atoms with Gasteiger partial charge in [-0.1, -0.05) is 23.9 Å². The summed E-state index contributed by atoms with van der Waals surface area (Å²) in [5, 5.41) is 8.73. The van der Waals surface area contributed by atoms with Crippen molar-refractivity contribution in [2.75, 3.05) is 0 Å². The maximum atomic E-state index is 13.1. The average molecular weight is 369 g/mol. The topological polar surface area (TPSA) is 47.8 Å². The minimum Gasteiger partial charge on any atom is -0.305 e. The van der Waals surface area contributed by atoms with E-state index in [-0.39, 0.29) is 16.9 Å². The van der Waals surface area contributed by atoms with Gasteiger partial charge in [-0.15, -0.1) is 10.2 Å². The monoisotopic (exact) mass is 369 g/mol. The lowest BCUT2D eigenvalue weighted by atomic mass is 10.0. The van der Waals surface area contributed by atoms with Crippen molar-refractivity contribution in [2.24, 2.45) is 7.05 Å². The summed E-state index contributed by atoms with van der Waals surface area (Å²) in [4.78, 5) is 12.7. The number of carbonyl (C=O) groups excluding carboxylic acids is 1. The molecule has 0 amide bonds. The zero-order valence-electron chi connectivity index (χ0n) is 15.2. The van der Waals surface area contributed by atoms with E-state index in [0.717, 1.165) is 11.1 Å². The Balaban J connectivity index is 1.79. The van der Waals surface area contributed by atoms with Crippen molar-refractivity contribution in [1.29, 1.82) is 0 Å². The van der Waals surface area contributed by atoms with E-state index in [4.69, 9.17) is 0 Å². The molecule has 3 rings (SSSR count). The summed E-state index contributed by atoms with van der Waals surface area (Å²) < 4.78 is 14.9. The highest BCUT2D eigenvalue weighted by molar-refractivity contribution is 8.00. The number of aromatic nitrogens is 3. The van der Waals surface area contributed by atoms with Gasteiger partial charge in [0.25, 0.3) is 0 Å². The van der Waals surface area contributed by atoms with Crippen LogP contribution in [-0.4, -0.2) is 25.8 Å².